The van der Waals surface area contributed by atoms with E-state index in [1.807, 2.05) is 24.3 Å². The van der Waals surface area contributed by atoms with Gasteiger partial charge in [-0.3, -0.25) is 9.59 Å². The van der Waals surface area contributed by atoms with Gasteiger partial charge in [0.15, 0.2) is 0 Å². The molecule has 0 spiro atoms. The van der Waals surface area contributed by atoms with Crippen molar-refractivity contribution in [2.75, 3.05) is 6.61 Å². The predicted octanol–water partition coefficient (Wildman–Crippen LogP) is 4.45. The molecule has 7 nitrogen and oxygen atoms in total. The Balaban J connectivity index is 1.14. The zero-order valence-electron chi connectivity index (χ0n) is 19.7. The van der Waals surface area contributed by atoms with E-state index in [-0.39, 0.29) is 49.3 Å². The van der Waals surface area contributed by atoms with Crippen molar-refractivity contribution in [1.29, 1.82) is 0 Å². The number of nitrogens with one attached hydrogen (secondary N) is 2. The lowest BCUT2D eigenvalue weighted by atomic mass is 9.98. The Morgan fingerprint density at radius 2 is 1.60 bits per heavy atom. The van der Waals surface area contributed by atoms with E-state index >= 15 is 0 Å². The van der Waals surface area contributed by atoms with Gasteiger partial charge >= 0.3 is 12.1 Å². The molecular weight excluding hydrogens is 444 g/mol. The fraction of sp³-hybridized carbons (Fsp3) is 0.464. The first-order valence-electron chi connectivity index (χ1n) is 12.6. The monoisotopic (exact) mass is 476 g/mol. The molecule has 0 bridgehead atoms. The molecule has 3 unspecified atom stereocenters. The minimum Gasteiger partial charge on any atom is -0.481 e. The van der Waals surface area contributed by atoms with Gasteiger partial charge in [-0.1, -0.05) is 48.5 Å². The van der Waals surface area contributed by atoms with Crippen molar-refractivity contribution in [2.24, 2.45) is 11.8 Å². The quantitative estimate of drug-likeness (QED) is 0.496. The summed E-state index contributed by atoms with van der Waals surface area (Å²) in [5, 5.41) is 15.0. The summed E-state index contributed by atoms with van der Waals surface area (Å²) in [5.41, 5.74) is 4.69. The highest BCUT2D eigenvalue weighted by Crippen LogP contribution is 2.44. The van der Waals surface area contributed by atoms with E-state index in [0.717, 1.165) is 36.8 Å². The summed E-state index contributed by atoms with van der Waals surface area (Å²) in [5.74, 6) is -0.470. The van der Waals surface area contributed by atoms with Gasteiger partial charge in [0.25, 0.3) is 0 Å². The Hall–Kier alpha value is -3.35. The minimum absolute atomic E-state index is 0.00283. The summed E-state index contributed by atoms with van der Waals surface area (Å²) in [4.78, 5) is 36.3. The van der Waals surface area contributed by atoms with Crippen LogP contribution in [0, 0.1) is 11.8 Å². The molecule has 0 aromatic heterocycles. The highest BCUT2D eigenvalue weighted by Gasteiger charge is 2.36. The first-order valence-corrected chi connectivity index (χ1v) is 12.6. The van der Waals surface area contributed by atoms with Gasteiger partial charge in [0, 0.05) is 30.8 Å². The van der Waals surface area contributed by atoms with Crippen LogP contribution < -0.4 is 10.6 Å². The van der Waals surface area contributed by atoms with Gasteiger partial charge in [0.1, 0.15) is 6.61 Å². The molecule has 0 radical (unpaired) electrons. The summed E-state index contributed by atoms with van der Waals surface area (Å²) >= 11 is 0. The van der Waals surface area contributed by atoms with E-state index in [1.54, 1.807) is 0 Å². The van der Waals surface area contributed by atoms with Crippen molar-refractivity contribution in [3.8, 4) is 11.1 Å². The molecule has 184 valence electrons. The summed E-state index contributed by atoms with van der Waals surface area (Å²) in [6.07, 6.45) is 4.19. The first-order chi connectivity index (χ1) is 17.0. The van der Waals surface area contributed by atoms with Crippen molar-refractivity contribution < 1.29 is 24.2 Å². The third kappa shape index (κ3) is 5.50. The van der Waals surface area contributed by atoms with E-state index < -0.39 is 12.1 Å². The Morgan fingerprint density at radius 3 is 2.23 bits per heavy atom. The Kier molecular flexibility index (Phi) is 6.75. The maximum atomic E-state index is 12.7. The van der Waals surface area contributed by atoms with Gasteiger partial charge in [-0.15, -0.1) is 0 Å². The van der Waals surface area contributed by atoms with Gasteiger partial charge < -0.3 is 20.5 Å². The van der Waals surface area contributed by atoms with Crippen molar-refractivity contribution in [3.05, 3.63) is 59.7 Å². The number of carbonyl (C=O) groups is 3. The second kappa shape index (κ2) is 10.1. The minimum atomic E-state index is -0.789. The number of alkyl carbamates (subject to hydrolysis) is 1. The van der Waals surface area contributed by atoms with Crippen molar-refractivity contribution in [2.45, 2.75) is 62.9 Å². The Bertz CT molecular complexity index is 1070. The van der Waals surface area contributed by atoms with Crippen LogP contribution in [0.5, 0.6) is 0 Å². The summed E-state index contributed by atoms with van der Waals surface area (Å²) in [7, 11) is 0. The van der Waals surface area contributed by atoms with Crippen LogP contribution in [-0.2, 0) is 14.3 Å². The highest BCUT2D eigenvalue weighted by atomic mass is 16.5. The number of rotatable bonds is 9. The maximum absolute atomic E-state index is 12.7. The van der Waals surface area contributed by atoms with Crippen LogP contribution >= 0.6 is 0 Å². The lowest BCUT2D eigenvalue weighted by Gasteiger charge is -2.21. The van der Waals surface area contributed by atoms with Crippen LogP contribution in [0.15, 0.2) is 48.5 Å². The Morgan fingerprint density at radius 1 is 0.943 bits per heavy atom. The number of aliphatic carboxylic acids is 1. The lowest BCUT2D eigenvalue weighted by Crippen LogP contribution is -2.43. The van der Waals surface area contributed by atoms with Gasteiger partial charge in [0.05, 0.1) is 0 Å². The molecule has 3 aliphatic carbocycles. The van der Waals surface area contributed by atoms with E-state index in [1.165, 1.54) is 11.1 Å². The number of hydrogen-bond donors (Lipinski definition) is 3. The van der Waals surface area contributed by atoms with E-state index in [4.69, 9.17) is 9.84 Å². The number of carboxylic acid groups (broad SMARTS) is 1. The van der Waals surface area contributed by atoms with E-state index in [2.05, 4.69) is 34.9 Å². The van der Waals surface area contributed by atoms with E-state index in [9.17, 15) is 14.4 Å². The Labute approximate surface area is 205 Å². The molecule has 3 aliphatic rings. The van der Waals surface area contributed by atoms with Gasteiger partial charge in [-0.05, 0) is 66.2 Å². The highest BCUT2D eigenvalue weighted by molar-refractivity contribution is 5.80. The molecule has 2 amide bonds. The van der Waals surface area contributed by atoms with Gasteiger partial charge in [-0.2, -0.15) is 0 Å². The lowest BCUT2D eigenvalue weighted by molar-refractivity contribution is -0.138. The molecule has 0 saturated heterocycles. The average Bonchev–Trinajstić information content (AvgIpc) is 3.52. The van der Waals surface area contributed by atoms with E-state index in [0.29, 0.717) is 12.3 Å². The predicted molar refractivity (Wildman–Crippen MR) is 131 cm³/mol. The van der Waals surface area contributed by atoms with Crippen molar-refractivity contribution >= 4 is 18.0 Å². The molecule has 0 aliphatic heterocycles. The molecule has 2 saturated carbocycles. The van der Waals surface area contributed by atoms with Crippen LogP contribution in [0.1, 0.15) is 62.0 Å². The second-order valence-electron chi connectivity index (χ2n) is 10.2. The third-order valence-electron chi connectivity index (χ3n) is 7.61. The molecule has 5 rings (SSSR count). The molecule has 7 heteroatoms. The number of ether oxygens (including phenoxy) is 1. The summed E-state index contributed by atoms with van der Waals surface area (Å²) in [6.45, 7) is 0.247. The molecule has 0 heterocycles. The normalized spacial score (nSPS) is 21.6. The fourth-order valence-electron chi connectivity index (χ4n) is 5.75. The zero-order valence-corrected chi connectivity index (χ0v) is 19.7. The van der Waals surface area contributed by atoms with Crippen LogP contribution in [0.4, 0.5) is 4.79 Å². The molecule has 3 N–H and O–H groups in total. The van der Waals surface area contributed by atoms with Crippen LogP contribution in [0.3, 0.4) is 0 Å². The molecule has 3 atom stereocenters. The van der Waals surface area contributed by atoms with Crippen molar-refractivity contribution in [1.82, 2.24) is 10.6 Å². The second-order valence-corrected chi connectivity index (χ2v) is 10.2. The van der Waals surface area contributed by atoms with Crippen LogP contribution in [0.25, 0.3) is 11.1 Å². The topological polar surface area (TPSA) is 105 Å². The molecule has 2 fully saturated rings. The summed E-state index contributed by atoms with van der Waals surface area (Å²) < 4.78 is 5.68. The number of fused-ring (bicyclic) bond motifs is 3. The number of hydrogen-bond acceptors (Lipinski definition) is 4. The largest absolute Gasteiger partial charge is 0.481 e. The molecule has 2 aromatic carbocycles. The van der Waals surface area contributed by atoms with Crippen LogP contribution in [0.2, 0.25) is 0 Å². The summed E-state index contributed by atoms with van der Waals surface area (Å²) in [6, 6.07) is 16.2. The zero-order chi connectivity index (χ0) is 24.4. The van der Waals surface area contributed by atoms with Gasteiger partial charge in [-0.25, -0.2) is 4.79 Å². The number of carbonyl (C=O) groups excluding carboxylic acids is 2. The number of carboxylic acids is 1. The molecule has 35 heavy (non-hydrogen) atoms. The number of benzene rings is 2. The van der Waals surface area contributed by atoms with Crippen molar-refractivity contribution in [3.63, 3.8) is 0 Å². The van der Waals surface area contributed by atoms with Crippen LogP contribution in [-0.4, -0.2) is 41.8 Å². The standard InChI is InChI=1S/C28H32N2O5/c31-26(29-19-12-9-17(13-19)14-27(32)33)15-25(18-10-11-18)30-28(34)35-16-24-22-7-3-1-5-20(22)21-6-2-4-8-23(21)24/h1-8,17-19,24-25H,9-16H2,(H,29,31)(H,30,34)(H,32,33). The molecular formula is C28H32N2O5. The SMILES string of the molecule is O=C(O)CC1CCC(NC(=O)CC(NC(=O)OCC2c3ccccc3-c3ccccc32)C2CC2)C1. The fourth-order valence-corrected chi connectivity index (χ4v) is 5.75. The first kappa shape index (κ1) is 23.4. The van der Waals surface area contributed by atoms with Gasteiger partial charge in [0.2, 0.25) is 5.91 Å². The molecule has 2 aromatic rings. The number of amides is 2. The average molecular weight is 477 g/mol. The smallest absolute Gasteiger partial charge is 0.407 e. The third-order valence-corrected chi connectivity index (χ3v) is 7.61. The maximum Gasteiger partial charge on any atom is 0.407 e.